The maximum atomic E-state index is 11.8. The summed E-state index contributed by atoms with van der Waals surface area (Å²) in [5.74, 6) is 0.260. The van der Waals surface area contributed by atoms with Crippen LogP contribution in [0.3, 0.4) is 0 Å². The number of hydrogen-bond donors (Lipinski definition) is 1. The van der Waals surface area contributed by atoms with E-state index in [1.165, 1.54) is 0 Å². The van der Waals surface area contributed by atoms with Gasteiger partial charge in [0.2, 0.25) is 5.91 Å². The molecule has 0 aromatic heterocycles. The lowest BCUT2D eigenvalue weighted by molar-refractivity contribution is -0.131. The summed E-state index contributed by atoms with van der Waals surface area (Å²) in [7, 11) is 0. The van der Waals surface area contributed by atoms with Crippen molar-refractivity contribution in [2.75, 3.05) is 13.1 Å². The van der Waals surface area contributed by atoms with Gasteiger partial charge in [0, 0.05) is 25.0 Å². The van der Waals surface area contributed by atoms with Gasteiger partial charge in [0.25, 0.3) is 0 Å². The van der Waals surface area contributed by atoms with E-state index in [1.54, 1.807) is 0 Å². The molecular formula is C11H20N2O. The predicted molar refractivity (Wildman–Crippen MR) is 55.7 cm³/mol. The van der Waals surface area contributed by atoms with E-state index in [2.05, 4.69) is 13.8 Å². The molecule has 80 valence electrons. The first-order valence-electron chi connectivity index (χ1n) is 5.47. The Labute approximate surface area is 85.6 Å². The summed E-state index contributed by atoms with van der Waals surface area (Å²) in [5.41, 5.74) is 6.11. The Morgan fingerprint density at radius 3 is 2.43 bits per heavy atom. The Bertz CT molecular complexity index is 256. The lowest BCUT2D eigenvalue weighted by Gasteiger charge is -2.21. The van der Waals surface area contributed by atoms with Crippen LogP contribution in [-0.2, 0) is 4.79 Å². The highest BCUT2D eigenvalue weighted by molar-refractivity contribution is 5.78. The molecule has 1 heterocycles. The zero-order valence-corrected chi connectivity index (χ0v) is 9.18. The largest absolute Gasteiger partial charge is 0.342 e. The molecule has 2 N–H and O–H groups in total. The highest BCUT2D eigenvalue weighted by Crippen LogP contribution is 2.37. The van der Waals surface area contributed by atoms with Crippen LogP contribution in [0.1, 0.15) is 39.5 Å². The van der Waals surface area contributed by atoms with Crippen molar-refractivity contribution in [3.05, 3.63) is 0 Å². The van der Waals surface area contributed by atoms with Gasteiger partial charge in [-0.1, -0.05) is 13.8 Å². The fourth-order valence-electron chi connectivity index (χ4n) is 2.08. The molecular weight excluding hydrogens is 176 g/mol. The predicted octanol–water partition coefficient (Wildman–Crippen LogP) is 1.13. The number of carbonyl (C=O) groups excluding carboxylic acids is 1. The van der Waals surface area contributed by atoms with E-state index in [-0.39, 0.29) is 11.4 Å². The topological polar surface area (TPSA) is 46.3 Å². The molecule has 1 aliphatic carbocycles. The summed E-state index contributed by atoms with van der Waals surface area (Å²) >= 11 is 0. The van der Waals surface area contributed by atoms with Gasteiger partial charge >= 0.3 is 0 Å². The van der Waals surface area contributed by atoms with Crippen LogP contribution in [-0.4, -0.2) is 29.4 Å². The number of hydrogen-bond acceptors (Lipinski definition) is 2. The van der Waals surface area contributed by atoms with E-state index >= 15 is 0 Å². The van der Waals surface area contributed by atoms with Crippen molar-refractivity contribution in [3.8, 4) is 0 Å². The average Bonchev–Trinajstić information content (AvgIpc) is 2.64. The van der Waals surface area contributed by atoms with Gasteiger partial charge in [-0.15, -0.1) is 0 Å². The molecule has 2 aliphatic rings. The van der Waals surface area contributed by atoms with Crippen molar-refractivity contribution in [1.82, 2.24) is 4.90 Å². The molecule has 1 aliphatic heterocycles. The van der Waals surface area contributed by atoms with E-state index in [0.717, 1.165) is 32.4 Å². The van der Waals surface area contributed by atoms with Crippen molar-refractivity contribution in [1.29, 1.82) is 0 Å². The molecule has 3 heteroatoms. The summed E-state index contributed by atoms with van der Waals surface area (Å²) in [5, 5.41) is 0. The Balaban J connectivity index is 1.87. The first-order valence-corrected chi connectivity index (χ1v) is 5.47. The van der Waals surface area contributed by atoms with Gasteiger partial charge < -0.3 is 10.6 Å². The van der Waals surface area contributed by atoms with Crippen LogP contribution in [0, 0.1) is 5.41 Å². The third kappa shape index (κ3) is 2.08. The minimum absolute atomic E-state index is 0.135. The second-order valence-electron chi connectivity index (χ2n) is 5.77. The quantitative estimate of drug-likeness (QED) is 0.719. The molecule has 1 saturated heterocycles. The zero-order chi connectivity index (χ0) is 10.4. The van der Waals surface area contributed by atoms with Crippen molar-refractivity contribution in [2.24, 2.45) is 11.1 Å². The molecule has 0 atom stereocenters. The van der Waals surface area contributed by atoms with Crippen LogP contribution in [0.25, 0.3) is 0 Å². The highest BCUT2D eigenvalue weighted by atomic mass is 16.2. The van der Waals surface area contributed by atoms with Crippen molar-refractivity contribution < 1.29 is 4.79 Å². The number of nitrogens with two attached hydrogens (primary N) is 1. The molecule has 0 bridgehead atoms. The third-order valence-electron chi connectivity index (χ3n) is 3.43. The fraction of sp³-hybridized carbons (Fsp3) is 0.909. The van der Waals surface area contributed by atoms with Crippen molar-refractivity contribution in [2.45, 2.75) is 45.1 Å². The van der Waals surface area contributed by atoms with Crippen molar-refractivity contribution in [3.63, 3.8) is 0 Å². The minimum atomic E-state index is -0.135. The maximum Gasteiger partial charge on any atom is 0.224 e. The molecule has 2 rings (SSSR count). The van der Waals surface area contributed by atoms with Crippen LogP contribution >= 0.6 is 0 Å². The van der Waals surface area contributed by atoms with Gasteiger partial charge in [-0.2, -0.15) is 0 Å². The SMILES string of the molecule is CC1(C)CCN(C(=O)CC2(N)CC2)C1. The third-order valence-corrected chi connectivity index (χ3v) is 3.43. The van der Waals surface area contributed by atoms with Crippen LogP contribution in [0.5, 0.6) is 0 Å². The highest BCUT2D eigenvalue weighted by Gasteiger charge is 2.42. The molecule has 1 amide bonds. The Kier molecular flexibility index (Phi) is 2.11. The van der Waals surface area contributed by atoms with E-state index in [1.807, 2.05) is 4.90 Å². The Hall–Kier alpha value is -0.570. The lowest BCUT2D eigenvalue weighted by atomic mass is 9.93. The summed E-state index contributed by atoms with van der Waals surface area (Å²) < 4.78 is 0. The first kappa shape index (κ1) is 9.97. The van der Waals surface area contributed by atoms with E-state index < -0.39 is 0 Å². The Morgan fingerprint density at radius 2 is 2.00 bits per heavy atom. The minimum Gasteiger partial charge on any atom is -0.342 e. The molecule has 2 fully saturated rings. The maximum absolute atomic E-state index is 11.8. The van der Waals surface area contributed by atoms with Crippen molar-refractivity contribution >= 4 is 5.91 Å². The van der Waals surface area contributed by atoms with Crippen LogP contribution in [0.2, 0.25) is 0 Å². The molecule has 0 radical (unpaired) electrons. The number of rotatable bonds is 2. The second kappa shape index (κ2) is 2.96. The number of amides is 1. The number of likely N-dealkylation sites (tertiary alicyclic amines) is 1. The molecule has 0 unspecified atom stereocenters. The van der Waals surface area contributed by atoms with Crippen LogP contribution in [0.15, 0.2) is 0 Å². The number of carbonyl (C=O) groups is 1. The summed E-state index contributed by atoms with van der Waals surface area (Å²) in [6, 6.07) is 0. The molecule has 14 heavy (non-hydrogen) atoms. The van der Waals surface area contributed by atoms with Gasteiger partial charge in [-0.3, -0.25) is 4.79 Å². The van der Waals surface area contributed by atoms with Gasteiger partial charge in [-0.05, 0) is 24.7 Å². The zero-order valence-electron chi connectivity index (χ0n) is 9.18. The van der Waals surface area contributed by atoms with Gasteiger partial charge in [0.15, 0.2) is 0 Å². The smallest absolute Gasteiger partial charge is 0.224 e. The molecule has 1 saturated carbocycles. The van der Waals surface area contributed by atoms with Crippen LogP contribution < -0.4 is 5.73 Å². The monoisotopic (exact) mass is 196 g/mol. The fourth-order valence-corrected chi connectivity index (χ4v) is 2.08. The molecule has 0 spiro atoms. The number of nitrogens with zero attached hydrogens (tertiary/aromatic N) is 1. The summed E-state index contributed by atoms with van der Waals surface area (Å²) in [4.78, 5) is 13.8. The Morgan fingerprint density at radius 1 is 1.36 bits per heavy atom. The average molecular weight is 196 g/mol. The summed E-state index contributed by atoms with van der Waals surface area (Å²) in [6.45, 7) is 6.26. The van der Waals surface area contributed by atoms with E-state index in [0.29, 0.717) is 11.8 Å². The normalized spacial score (nSPS) is 27.8. The molecule has 0 aromatic carbocycles. The van der Waals surface area contributed by atoms with Gasteiger partial charge in [0.1, 0.15) is 0 Å². The second-order valence-corrected chi connectivity index (χ2v) is 5.77. The van der Waals surface area contributed by atoms with E-state index in [9.17, 15) is 4.79 Å². The lowest BCUT2D eigenvalue weighted by Crippen LogP contribution is -2.36. The molecule has 0 aromatic rings. The van der Waals surface area contributed by atoms with E-state index in [4.69, 9.17) is 5.73 Å². The molecule has 3 nitrogen and oxygen atoms in total. The van der Waals surface area contributed by atoms with Gasteiger partial charge in [0.05, 0.1) is 0 Å². The van der Waals surface area contributed by atoms with Crippen LogP contribution in [0.4, 0.5) is 0 Å². The van der Waals surface area contributed by atoms with Gasteiger partial charge in [-0.25, -0.2) is 0 Å². The first-order chi connectivity index (χ1) is 6.40. The standard InChI is InChI=1S/C11H20N2O/c1-10(2)5-6-13(8-10)9(14)7-11(12)3-4-11/h3-8,12H2,1-2H3. The summed E-state index contributed by atoms with van der Waals surface area (Å²) in [6.07, 6.45) is 3.73.